The van der Waals surface area contributed by atoms with E-state index >= 15 is 0 Å². The predicted molar refractivity (Wildman–Crippen MR) is 75.4 cm³/mol. The molecule has 0 saturated heterocycles. The number of halogens is 1. The average molecular weight is 285 g/mol. The van der Waals surface area contributed by atoms with Crippen LogP contribution in [0, 0.1) is 5.82 Å². The molecule has 2 N–H and O–H groups in total. The number of aliphatic hydroxyl groups excluding tert-OH is 1. The monoisotopic (exact) mass is 285 g/mol. The number of hydrogen-bond donors (Lipinski definition) is 2. The molecule has 5 heteroatoms. The Labute approximate surface area is 120 Å². The van der Waals surface area contributed by atoms with Gasteiger partial charge in [0.05, 0.1) is 5.70 Å². The minimum atomic E-state index is -0.423. The average Bonchev–Trinajstić information content (AvgIpc) is 2.51. The second-order valence-corrected chi connectivity index (χ2v) is 4.57. The maximum Gasteiger partial charge on any atom is 0.255 e. The zero-order valence-corrected chi connectivity index (χ0v) is 11.0. The number of carbonyl (C=O) groups excluding carboxylic acids is 1. The SMILES string of the molecule is O=C(NC1=C(O)COc2ccccc21)c1ccc(F)cc1. The van der Waals surface area contributed by atoms with Gasteiger partial charge in [-0.1, -0.05) is 12.1 Å². The van der Waals surface area contributed by atoms with Crippen LogP contribution in [-0.4, -0.2) is 17.6 Å². The Hall–Kier alpha value is -2.82. The Morgan fingerprint density at radius 2 is 1.86 bits per heavy atom. The molecule has 0 aliphatic carbocycles. The summed E-state index contributed by atoms with van der Waals surface area (Å²) in [5.74, 6) is -0.299. The lowest BCUT2D eigenvalue weighted by Crippen LogP contribution is -2.26. The van der Waals surface area contributed by atoms with Crippen molar-refractivity contribution in [2.45, 2.75) is 0 Å². The van der Waals surface area contributed by atoms with Crippen molar-refractivity contribution < 1.29 is 19.0 Å². The molecule has 0 radical (unpaired) electrons. The molecule has 0 unspecified atom stereocenters. The normalized spacial score (nSPS) is 13.4. The highest BCUT2D eigenvalue weighted by Crippen LogP contribution is 2.30. The number of aliphatic hydroxyl groups is 1. The quantitative estimate of drug-likeness (QED) is 0.892. The van der Waals surface area contributed by atoms with E-state index in [0.29, 0.717) is 22.6 Å². The van der Waals surface area contributed by atoms with Gasteiger partial charge in [0.1, 0.15) is 18.2 Å². The topological polar surface area (TPSA) is 58.6 Å². The number of fused-ring (bicyclic) bond motifs is 1. The third-order valence-corrected chi connectivity index (χ3v) is 3.15. The molecule has 1 aliphatic heterocycles. The van der Waals surface area contributed by atoms with E-state index in [1.807, 2.05) is 0 Å². The smallest absolute Gasteiger partial charge is 0.255 e. The molecule has 1 amide bonds. The number of nitrogens with one attached hydrogen (secondary N) is 1. The fraction of sp³-hybridized carbons (Fsp3) is 0.0625. The van der Waals surface area contributed by atoms with Crippen LogP contribution >= 0.6 is 0 Å². The molecular weight excluding hydrogens is 273 g/mol. The Kier molecular flexibility index (Phi) is 3.31. The minimum absolute atomic E-state index is 0.00392. The van der Waals surface area contributed by atoms with Gasteiger partial charge in [-0.25, -0.2) is 4.39 Å². The molecule has 106 valence electrons. The second-order valence-electron chi connectivity index (χ2n) is 4.57. The zero-order valence-electron chi connectivity index (χ0n) is 11.0. The van der Waals surface area contributed by atoms with Gasteiger partial charge in [-0.2, -0.15) is 0 Å². The molecule has 1 aliphatic rings. The van der Waals surface area contributed by atoms with Crippen LogP contribution in [0.5, 0.6) is 5.75 Å². The van der Waals surface area contributed by atoms with Crippen LogP contribution in [0.25, 0.3) is 5.70 Å². The number of para-hydroxylation sites is 1. The summed E-state index contributed by atoms with van der Waals surface area (Å²) in [7, 11) is 0. The molecule has 2 aromatic carbocycles. The summed E-state index contributed by atoms with van der Waals surface area (Å²) in [5.41, 5.74) is 1.23. The van der Waals surface area contributed by atoms with Gasteiger partial charge in [0.15, 0.2) is 5.76 Å². The highest BCUT2D eigenvalue weighted by Gasteiger charge is 2.21. The van der Waals surface area contributed by atoms with E-state index in [1.165, 1.54) is 24.3 Å². The summed E-state index contributed by atoms with van der Waals surface area (Å²) < 4.78 is 18.2. The second kappa shape index (κ2) is 5.28. The summed E-state index contributed by atoms with van der Waals surface area (Å²) in [6.07, 6.45) is 0. The highest BCUT2D eigenvalue weighted by molar-refractivity contribution is 6.00. The van der Waals surface area contributed by atoms with E-state index in [2.05, 4.69) is 5.32 Å². The maximum absolute atomic E-state index is 12.9. The fourth-order valence-corrected chi connectivity index (χ4v) is 2.10. The van der Waals surface area contributed by atoms with Crippen molar-refractivity contribution in [2.24, 2.45) is 0 Å². The van der Waals surface area contributed by atoms with Gasteiger partial charge in [-0.15, -0.1) is 0 Å². The maximum atomic E-state index is 12.9. The lowest BCUT2D eigenvalue weighted by molar-refractivity contribution is 0.0971. The molecular formula is C16H12FNO3. The van der Waals surface area contributed by atoms with E-state index in [4.69, 9.17) is 4.74 Å². The molecule has 0 spiro atoms. The first-order valence-corrected chi connectivity index (χ1v) is 6.36. The van der Waals surface area contributed by atoms with E-state index in [0.717, 1.165) is 0 Å². The Morgan fingerprint density at radius 3 is 2.62 bits per heavy atom. The molecule has 3 rings (SSSR count). The van der Waals surface area contributed by atoms with Crippen molar-refractivity contribution >= 4 is 11.6 Å². The third-order valence-electron chi connectivity index (χ3n) is 3.15. The third kappa shape index (κ3) is 2.58. The first-order valence-electron chi connectivity index (χ1n) is 6.36. The van der Waals surface area contributed by atoms with E-state index < -0.39 is 11.7 Å². The fourth-order valence-electron chi connectivity index (χ4n) is 2.10. The van der Waals surface area contributed by atoms with Crippen molar-refractivity contribution in [3.05, 3.63) is 71.2 Å². The van der Waals surface area contributed by atoms with Crippen LogP contribution in [-0.2, 0) is 0 Å². The van der Waals surface area contributed by atoms with Crippen molar-refractivity contribution in [3.63, 3.8) is 0 Å². The van der Waals surface area contributed by atoms with Gasteiger partial charge in [0.25, 0.3) is 5.91 Å². The molecule has 0 bridgehead atoms. The summed E-state index contributed by atoms with van der Waals surface area (Å²) in [6.45, 7) is -0.00392. The van der Waals surface area contributed by atoms with Crippen LogP contribution < -0.4 is 10.1 Å². The molecule has 2 aromatic rings. The number of rotatable bonds is 2. The first kappa shape index (κ1) is 13.2. The first-order chi connectivity index (χ1) is 10.1. The molecule has 0 aromatic heterocycles. The lowest BCUT2D eigenvalue weighted by Gasteiger charge is -2.21. The number of hydrogen-bond acceptors (Lipinski definition) is 3. The van der Waals surface area contributed by atoms with Crippen molar-refractivity contribution in [2.75, 3.05) is 6.61 Å². The minimum Gasteiger partial charge on any atom is -0.507 e. The molecule has 4 nitrogen and oxygen atoms in total. The van der Waals surface area contributed by atoms with E-state index in [-0.39, 0.29) is 12.4 Å². The molecule has 21 heavy (non-hydrogen) atoms. The van der Waals surface area contributed by atoms with Gasteiger partial charge >= 0.3 is 0 Å². The van der Waals surface area contributed by atoms with Crippen LogP contribution in [0.15, 0.2) is 54.3 Å². The van der Waals surface area contributed by atoms with Crippen LogP contribution in [0.2, 0.25) is 0 Å². The number of benzene rings is 2. The molecule has 0 atom stereocenters. The molecule has 1 heterocycles. The summed E-state index contributed by atoms with van der Waals surface area (Å²) >= 11 is 0. The van der Waals surface area contributed by atoms with Crippen LogP contribution in [0.4, 0.5) is 4.39 Å². The van der Waals surface area contributed by atoms with Crippen molar-refractivity contribution in [1.82, 2.24) is 5.32 Å². The number of ether oxygens (including phenoxy) is 1. The van der Waals surface area contributed by atoms with E-state index in [9.17, 15) is 14.3 Å². The lowest BCUT2D eigenvalue weighted by atomic mass is 10.1. The standard InChI is InChI=1S/C16H12FNO3/c17-11-7-5-10(6-8-11)16(20)18-15-12-3-1-2-4-14(12)21-9-13(15)19/h1-8,19H,9H2,(H,18,20). The summed E-state index contributed by atoms with van der Waals surface area (Å²) in [6, 6.07) is 12.3. The van der Waals surface area contributed by atoms with Crippen LogP contribution in [0.3, 0.4) is 0 Å². The van der Waals surface area contributed by atoms with E-state index in [1.54, 1.807) is 24.3 Å². The van der Waals surface area contributed by atoms with Crippen LogP contribution in [0.1, 0.15) is 15.9 Å². The Morgan fingerprint density at radius 1 is 1.14 bits per heavy atom. The zero-order chi connectivity index (χ0) is 14.8. The van der Waals surface area contributed by atoms with Gasteiger partial charge in [-0.3, -0.25) is 4.79 Å². The largest absolute Gasteiger partial charge is 0.507 e. The van der Waals surface area contributed by atoms with Gasteiger partial charge < -0.3 is 15.2 Å². The Bertz CT molecular complexity index is 723. The Balaban J connectivity index is 1.90. The highest BCUT2D eigenvalue weighted by atomic mass is 19.1. The van der Waals surface area contributed by atoms with Gasteiger partial charge in [0, 0.05) is 11.1 Å². The predicted octanol–water partition coefficient (Wildman–Crippen LogP) is 2.87. The van der Waals surface area contributed by atoms with Gasteiger partial charge in [0.2, 0.25) is 0 Å². The molecule has 0 fully saturated rings. The number of amides is 1. The summed E-state index contributed by atoms with van der Waals surface area (Å²) in [4.78, 5) is 12.2. The molecule has 0 saturated carbocycles. The van der Waals surface area contributed by atoms with Crippen molar-refractivity contribution in [1.29, 1.82) is 0 Å². The van der Waals surface area contributed by atoms with Crippen molar-refractivity contribution in [3.8, 4) is 5.75 Å². The number of carbonyl (C=O) groups is 1. The van der Waals surface area contributed by atoms with Gasteiger partial charge in [-0.05, 0) is 36.4 Å². The summed E-state index contributed by atoms with van der Waals surface area (Å²) in [5, 5.41) is 12.6.